The number of aliphatic hydroxyl groups excluding tert-OH is 1. The average Bonchev–Trinajstić information content (AvgIpc) is 2.66. The Morgan fingerprint density at radius 2 is 1.88 bits per heavy atom. The zero-order chi connectivity index (χ0) is 18.4. The summed E-state index contributed by atoms with van der Waals surface area (Å²) in [5.41, 5.74) is 2.32. The molecule has 5 nitrogen and oxygen atoms in total. The SMILES string of the molecule is O=C([O-])N1CCC(c2ccc(OCCCc3ccccc3)cc2)C(O)C1. The lowest BCUT2D eigenvalue weighted by Crippen LogP contribution is -2.50. The van der Waals surface area contributed by atoms with E-state index in [-0.39, 0.29) is 12.5 Å². The van der Waals surface area contributed by atoms with Crippen LogP contribution in [0.5, 0.6) is 5.75 Å². The highest BCUT2D eigenvalue weighted by atomic mass is 16.5. The Kier molecular flexibility index (Phi) is 6.12. The summed E-state index contributed by atoms with van der Waals surface area (Å²) in [5, 5.41) is 21.1. The van der Waals surface area contributed by atoms with Crippen molar-refractivity contribution in [2.75, 3.05) is 19.7 Å². The number of likely N-dealkylation sites (tertiary alicyclic amines) is 1. The minimum Gasteiger partial charge on any atom is -0.530 e. The smallest absolute Gasteiger partial charge is 0.137 e. The van der Waals surface area contributed by atoms with Crippen LogP contribution in [0.1, 0.15) is 29.9 Å². The Balaban J connectivity index is 1.47. The molecule has 26 heavy (non-hydrogen) atoms. The summed E-state index contributed by atoms with van der Waals surface area (Å²) in [6, 6.07) is 18.1. The van der Waals surface area contributed by atoms with E-state index in [9.17, 15) is 15.0 Å². The number of aliphatic hydroxyl groups is 1. The van der Waals surface area contributed by atoms with Crippen molar-refractivity contribution in [3.63, 3.8) is 0 Å². The minimum atomic E-state index is -1.22. The van der Waals surface area contributed by atoms with Crippen LogP contribution in [0, 0.1) is 0 Å². The van der Waals surface area contributed by atoms with E-state index in [1.165, 1.54) is 5.56 Å². The van der Waals surface area contributed by atoms with Gasteiger partial charge in [-0.05, 0) is 42.5 Å². The third-order valence-corrected chi connectivity index (χ3v) is 4.87. The Morgan fingerprint density at radius 3 is 2.54 bits per heavy atom. The quantitative estimate of drug-likeness (QED) is 0.807. The summed E-state index contributed by atoms with van der Waals surface area (Å²) in [5.74, 6) is 0.751. The minimum absolute atomic E-state index is 0.0577. The van der Waals surface area contributed by atoms with Gasteiger partial charge < -0.3 is 24.6 Å². The van der Waals surface area contributed by atoms with Gasteiger partial charge in [0.2, 0.25) is 0 Å². The highest BCUT2D eigenvalue weighted by Gasteiger charge is 2.28. The normalized spacial score (nSPS) is 20.0. The average molecular weight is 354 g/mol. The fraction of sp³-hybridized carbons (Fsp3) is 0.381. The van der Waals surface area contributed by atoms with E-state index in [1.54, 1.807) is 0 Å². The van der Waals surface area contributed by atoms with E-state index >= 15 is 0 Å². The Hall–Kier alpha value is -2.53. The summed E-state index contributed by atoms with van der Waals surface area (Å²) in [6.45, 7) is 1.15. The number of hydrogen-bond donors (Lipinski definition) is 1. The molecular weight excluding hydrogens is 330 g/mol. The topological polar surface area (TPSA) is 72.8 Å². The zero-order valence-corrected chi connectivity index (χ0v) is 14.7. The number of amides is 1. The molecule has 0 radical (unpaired) electrons. The van der Waals surface area contributed by atoms with Gasteiger partial charge in [-0.1, -0.05) is 42.5 Å². The molecule has 1 fully saturated rings. The summed E-state index contributed by atoms with van der Waals surface area (Å²) in [7, 11) is 0. The molecule has 2 unspecified atom stereocenters. The van der Waals surface area contributed by atoms with Crippen LogP contribution >= 0.6 is 0 Å². The molecule has 0 bridgehead atoms. The number of ether oxygens (including phenoxy) is 1. The molecule has 2 atom stereocenters. The van der Waals surface area contributed by atoms with Gasteiger partial charge in [0.05, 0.1) is 12.7 Å². The molecule has 2 aromatic carbocycles. The highest BCUT2D eigenvalue weighted by Crippen LogP contribution is 2.29. The van der Waals surface area contributed by atoms with Gasteiger partial charge in [-0.3, -0.25) is 0 Å². The van der Waals surface area contributed by atoms with Crippen molar-refractivity contribution in [2.24, 2.45) is 0 Å². The van der Waals surface area contributed by atoms with Gasteiger partial charge in [0.1, 0.15) is 11.8 Å². The van der Waals surface area contributed by atoms with Crippen LogP contribution in [-0.4, -0.2) is 41.9 Å². The third kappa shape index (κ3) is 4.76. The Labute approximate surface area is 153 Å². The second-order valence-electron chi connectivity index (χ2n) is 6.68. The van der Waals surface area contributed by atoms with Crippen molar-refractivity contribution >= 4 is 6.09 Å². The molecule has 1 aliphatic heterocycles. The molecule has 0 saturated carbocycles. The predicted molar refractivity (Wildman–Crippen MR) is 97.0 cm³/mol. The molecule has 138 valence electrons. The summed E-state index contributed by atoms with van der Waals surface area (Å²) < 4.78 is 5.79. The number of aryl methyl sites for hydroxylation is 1. The fourth-order valence-corrected chi connectivity index (χ4v) is 3.41. The number of carbonyl (C=O) groups excluding carboxylic acids is 1. The van der Waals surface area contributed by atoms with Gasteiger partial charge in [-0.25, -0.2) is 0 Å². The summed E-state index contributed by atoms with van der Waals surface area (Å²) in [4.78, 5) is 12.0. The summed E-state index contributed by atoms with van der Waals surface area (Å²) >= 11 is 0. The predicted octanol–water partition coefficient (Wildman–Crippen LogP) is 2.19. The molecule has 1 heterocycles. The largest absolute Gasteiger partial charge is 0.530 e. The number of piperidine rings is 1. The molecular formula is C21H24NO4-. The molecule has 1 amide bonds. The third-order valence-electron chi connectivity index (χ3n) is 4.87. The van der Waals surface area contributed by atoms with E-state index < -0.39 is 12.2 Å². The Bertz CT molecular complexity index is 702. The molecule has 0 aromatic heterocycles. The molecule has 0 aliphatic carbocycles. The molecule has 2 aromatic rings. The van der Waals surface area contributed by atoms with Gasteiger partial charge >= 0.3 is 0 Å². The van der Waals surface area contributed by atoms with Crippen molar-refractivity contribution in [1.29, 1.82) is 0 Å². The molecule has 0 spiro atoms. The standard InChI is InChI=1S/C21H25NO4/c23-20-15-22(21(24)25)13-12-19(20)17-8-10-18(11-9-17)26-14-4-7-16-5-2-1-3-6-16/h1-3,5-6,8-11,19-20,23H,4,7,12-15H2,(H,24,25)/p-1. The van der Waals surface area contributed by atoms with E-state index in [2.05, 4.69) is 12.1 Å². The van der Waals surface area contributed by atoms with Crippen LogP contribution in [-0.2, 0) is 6.42 Å². The maximum atomic E-state index is 10.9. The van der Waals surface area contributed by atoms with Crippen molar-refractivity contribution in [1.82, 2.24) is 4.90 Å². The highest BCUT2D eigenvalue weighted by molar-refractivity contribution is 5.62. The van der Waals surface area contributed by atoms with Crippen molar-refractivity contribution in [3.8, 4) is 5.75 Å². The second-order valence-corrected chi connectivity index (χ2v) is 6.68. The van der Waals surface area contributed by atoms with Crippen LogP contribution in [0.2, 0.25) is 0 Å². The molecule has 3 rings (SSSR count). The van der Waals surface area contributed by atoms with E-state index in [1.807, 2.05) is 42.5 Å². The first-order valence-corrected chi connectivity index (χ1v) is 9.04. The van der Waals surface area contributed by atoms with E-state index in [4.69, 9.17) is 4.74 Å². The van der Waals surface area contributed by atoms with Crippen LogP contribution in [0.3, 0.4) is 0 Å². The molecule has 1 saturated heterocycles. The number of β-amino-alcohol motifs (C(OH)–C–C–N with tert-alkyl or cyclic N) is 1. The lowest BCUT2D eigenvalue weighted by molar-refractivity contribution is -0.268. The molecule has 1 N–H and O–H groups in total. The Morgan fingerprint density at radius 1 is 1.15 bits per heavy atom. The maximum Gasteiger partial charge on any atom is 0.137 e. The van der Waals surface area contributed by atoms with Crippen LogP contribution in [0.4, 0.5) is 4.79 Å². The molecule has 1 aliphatic rings. The number of carbonyl (C=O) groups is 1. The first-order valence-electron chi connectivity index (χ1n) is 9.04. The lowest BCUT2D eigenvalue weighted by atomic mass is 9.87. The van der Waals surface area contributed by atoms with Crippen molar-refractivity contribution in [3.05, 3.63) is 65.7 Å². The number of hydrogen-bond acceptors (Lipinski definition) is 4. The van der Waals surface area contributed by atoms with Gasteiger partial charge in [0.15, 0.2) is 0 Å². The lowest BCUT2D eigenvalue weighted by Gasteiger charge is -2.37. The van der Waals surface area contributed by atoms with Crippen molar-refractivity contribution < 1.29 is 19.7 Å². The van der Waals surface area contributed by atoms with E-state index in [0.717, 1.165) is 29.1 Å². The first-order chi connectivity index (χ1) is 12.6. The monoisotopic (exact) mass is 354 g/mol. The fourth-order valence-electron chi connectivity index (χ4n) is 3.41. The molecule has 5 heteroatoms. The van der Waals surface area contributed by atoms with Gasteiger partial charge in [-0.15, -0.1) is 0 Å². The van der Waals surface area contributed by atoms with Gasteiger partial charge in [-0.2, -0.15) is 0 Å². The van der Waals surface area contributed by atoms with Crippen LogP contribution in [0.15, 0.2) is 54.6 Å². The maximum absolute atomic E-state index is 10.9. The first kappa shape index (κ1) is 18.3. The van der Waals surface area contributed by atoms with Gasteiger partial charge in [0.25, 0.3) is 0 Å². The van der Waals surface area contributed by atoms with Crippen LogP contribution < -0.4 is 9.84 Å². The number of nitrogens with zero attached hydrogens (tertiary/aromatic N) is 1. The number of rotatable bonds is 6. The zero-order valence-electron chi connectivity index (χ0n) is 14.7. The van der Waals surface area contributed by atoms with Gasteiger partial charge in [0, 0.05) is 19.0 Å². The van der Waals surface area contributed by atoms with E-state index in [0.29, 0.717) is 19.6 Å². The van der Waals surface area contributed by atoms with Crippen LogP contribution in [0.25, 0.3) is 0 Å². The van der Waals surface area contributed by atoms with Crippen molar-refractivity contribution in [2.45, 2.75) is 31.3 Å². The second kappa shape index (κ2) is 8.72. The number of benzene rings is 2. The number of carboxylic acid groups (broad SMARTS) is 1. The summed E-state index contributed by atoms with van der Waals surface area (Å²) in [6.07, 6.45) is 0.599.